The van der Waals surface area contributed by atoms with Gasteiger partial charge < -0.3 is 19.7 Å². The van der Waals surface area contributed by atoms with Gasteiger partial charge in [-0.2, -0.15) is 0 Å². The minimum Gasteiger partial charge on any atom is -0.496 e. The molecule has 1 aliphatic rings. The average molecular weight is 458 g/mol. The number of carbonyl (C=O) groups is 3. The van der Waals surface area contributed by atoms with Crippen molar-refractivity contribution in [2.24, 2.45) is 0 Å². The molecule has 2 N–H and O–H groups in total. The first-order valence-electron chi connectivity index (χ1n) is 8.26. The highest BCUT2D eigenvalue weighted by atomic mass is 79.9. The number of hydrogen-bond acceptors (Lipinski definition) is 6. The summed E-state index contributed by atoms with van der Waals surface area (Å²) in [6.07, 6.45) is -0.157. The molecule has 27 heavy (non-hydrogen) atoms. The zero-order chi connectivity index (χ0) is 20.0. The lowest BCUT2D eigenvalue weighted by Crippen LogP contribution is -2.60. The van der Waals surface area contributed by atoms with E-state index >= 15 is 0 Å². The predicted octanol–water partition coefficient (Wildman–Crippen LogP) is 1.23. The van der Waals surface area contributed by atoms with Gasteiger partial charge in [-0.15, -0.1) is 0 Å². The third kappa shape index (κ3) is 5.39. The van der Waals surface area contributed by atoms with Crippen molar-refractivity contribution in [3.63, 3.8) is 0 Å². The Morgan fingerprint density at radius 1 is 1.44 bits per heavy atom. The molecule has 1 fully saturated rings. The summed E-state index contributed by atoms with van der Waals surface area (Å²) in [7, 11) is 1.46. The third-order valence-electron chi connectivity index (χ3n) is 3.88. The maximum Gasteiger partial charge on any atom is 0.308 e. The first kappa shape index (κ1) is 21.1. The van der Waals surface area contributed by atoms with Crippen LogP contribution in [-0.4, -0.2) is 60.6 Å². The number of amides is 2. The van der Waals surface area contributed by atoms with Crippen molar-refractivity contribution in [1.29, 1.82) is 0 Å². The lowest BCUT2D eigenvalue weighted by Gasteiger charge is -2.36. The number of thiocarbonyl (C=S) groups is 1. The number of methoxy groups -OCH3 is 1. The molecule has 2 amide bonds. The quantitative estimate of drug-likeness (QED) is 0.506. The van der Waals surface area contributed by atoms with E-state index in [0.717, 1.165) is 0 Å². The van der Waals surface area contributed by atoms with E-state index in [2.05, 4.69) is 26.6 Å². The van der Waals surface area contributed by atoms with Gasteiger partial charge in [0.15, 0.2) is 5.11 Å². The first-order valence-corrected chi connectivity index (χ1v) is 9.46. The van der Waals surface area contributed by atoms with Crippen LogP contribution in [0.2, 0.25) is 0 Å². The standard InChI is InChI=1S/C17H20BrN3O5S/c1-3-26-14(22)9-12-16(24)19-6-7-21(12)17(27)20-15(23)11-8-10(18)4-5-13(11)25-2/h4-5,8,12H,3,6-7,9H2,1-2H3,(H,19,24)(H,20,23,27). The van der Waals surface area contributed by atoms with Crippen molar-refractivity contribution in [3.8, 4) is 5.75 Å². The lowest BCUT2D eigenvalue weighted by molar-refractivity contribution is -0.147. The normalized spacial score (nSPS) is 16.3. The molecule has 146 valence electrons. The van der Waals surface area contributed by atoms with E-state index in [1.54, 1.807) is 25.1 Å². The molecule has 0 radical (unpaired) electrons. The molecule has 1 aliphatic heterocycles. The molecule has 2 rings (SSSR count). The van der Waals surface area contributed by atoms with Crippen LogP contribution in [0.1, 0.15) is 23.7 Å². The molecule has 1 unspecified atom stereocenters. The van der Waals surface area contributed by atoms with Crippen LogP contribution >= 0.6 is 28.1 Å². The SMILES string of the molecule is CCOC(=O)CC1C(=O)NCCN1C(=S)NC(=O)c1cc(Br)ccc1OC. The lowest BCUT2D eigenvalue weighted by atomic mass is 10.1. The second-order valence-corrected chi connectivity index (χ2v) is 6.92. The van der Waals surface area contributed by atoms with E-state index in [0.29, 0.717) is 23.3 Å². The number of piperazine rings is 1. The Kier molecular flexibility index (Phi) is 7.55. The molecule has 10 heteroatoms. The number of esters is 1. The summed E-state index contributed by atoms with van der Waals surface area (Å²) in [6.45, 7) is 2.63. The predicted molar refractivity (Wildman–Crippen MR) is 106 cm³/mol. The Balaban J connectivity index is 2.14. The van der Waals surface area contributed by atoms with Gasteiger partial charge in [0.25, 0.3) is 5.91 Å². The summed E-state index contributed by atoms with van der Waals surface area (Å²) in [6, 6.07) is 4.17. The molecule has 0 saturated carbocycles. The maximum absolute atomic E-state index is 12.6. The van der Waals surface area contributed by atoms with Gasteiger partial charge in [0.1, 0.15) is 11.8 Å². The monoisotopic (exact) mass is 457 g/mol. The number of nitrogens with one attached hydrogen (secondary N) is 2. The largest absolute Gasteiger partial charge is 0.496 e. The van der Waals surface area contributed by atoms with Gasteiger partial charge in [0, 0.05) is 17.6 Å². The van der Waals surface area contributed by atoms with Gasteiger partial charge in [-0.3, -0.25) is 19.7 Å². The van der Waals surface area contributed by atoms with E-state index in [-0.39, 0.29) is 29.6 Å². The highest BCUT2D eigenvalue weighted by Crippen LogP contribution is 2.23. The van der Waals surface area contributed by atoms with E-state index in [9.17, 15) is 14.4 Å². The van der Waals surface area contributed by atoms with Crippen LogP contribution in [0, 0.1) is 0 Å². The number of rotatable bonds is 5. The Labute approximate surface area is 170 Å². The fraction of sp³-hybridized carbons (Fsp3) is 0.412. The molecule has 0 bridgehead atoms. The number of carbonyl (C=O) groups excluding carboxylic acids is 3. The highest BCUT2D eigenvalue weighted by molar-refractivity contribution is 9.10. The third-order valence-corrected chi connectivity index (χ3v) is 4.71. The van der Waals surface area contributed by atoms with Crippen LogP contribution in [0.25, 0.3) is 0 Å². The van der Waals surface area contributed by atoms with Gasteiger partial charge in [-0.1, -0.05) is 15.9 Å². The fourth-order valence-electron chi connectivity index (χ4n) is 2.63. The van der Waals surface area contributed by atoms with Crippen LogP contribution < -0.4 is 15.4 Å². The summed E-state index contributed by atoms with van der Waals surface area (Å²) in [5.41, 5.74) is 0.289. The van der Waals surface area contributed by atoms with Crippen molar-refractivity contribution in [1.82, 2.24) is 15.5 Å². The second kappa shape index (κ2) is 9.65. The number of nitrogens with zero attached hydrogens (tertiary/aromatic N) is 1. The van der Waals surface area contributed by atoms with Crippen molar-refractivity contribution in [2.45, 2.75) is 19.4 Å². The molecule has 1 saturated heterocycles. The Bertz CT molecular complexity index is 758. The minimum absolute atomic E-state index is 0.0613. The van der Waals surface area contributed by atoms with Crippen LogP contribution in [0.5, 0.6) is 5.75 Å². The molecule has 1 heterocycles. The van der Waals surface area contributed by atoms with E-state index in [1.165, 1.54) is 12.0 Å². The van der Waals surface area contributed by atoms with Crippen molar-refractivity contribution < 1.29 is 23.9 Å². The molecule has 1 aromatic rings. The fourth-order valence-corrected chi connectivity index (χ4v) is 3.30. The molecule has 1 atom stereocenters. The molecule has 0 spiro atoms. The maximum atomic E-state index is 12.6. The number of hydrogen-bond donors (Lipinski definition) is 2. The van der Waals surface area contributed by atoms with Crippen molar-refractivity contribution in [3.05, 3.63) is 28.2 Å². The van der Waals surface area contributed by atoms with E-state index in [4.69, 9.17) is 21.7 Å². The summed E-state index contributed by atoms with van der Waals surface area (Å²) < 4.78 is 10.8. The molecule has 0 aromatic heterocycles. The van der Waals surface area contributed by atoms with Crippen LogP contribution in [0.15, 0.2) is 22.7 Å². The number of halogens is 1. The van der Waals surface area contributed by atoms with Crippen LogP contribution in [0.3, 0.4) is 0 Å². The molecule has 1 aromatic carbocycles. The number of benzene rings is 1. The number of ether oxygens (including phenoxy) is 2. The van der Waals surface area contributed by atoms with Gasteiger partial charge in [0.05, 0.1) is 25.7 Å². The van der Waals surface area contributed by atoms with E-state index in [1.807, 2.05) is 0 Å². The zero-order valence-electron chi connectivity index (χ0n) is 14.9. The van der Waals surface area contributed by atoms with Crippen molar-refractivity contribution >= 4 is 51.0 Å². The van der Waals surface area contributed by atoms with Crippen LogP contribution in [-0.2, 0) is 14.3 Å². The van der Waals surface area contributed by atoms with E-state index < -0.39 is 17.9 Å². The molecule has 8 nitrogen and oxygen atoms in total. The van der Waals surface area contributed by atoms with Gasteiger partial charge in [-0.05, 0) is 37.3 Å². The van der Waals surface area contributed by atoms with Gasteiger partial charge in [0.2, 0.25) is 5.91 Å². The molecular formula is C17H20BrN3O5S. The molecular weight excluding hydrogens is 438 g/mol. The zero-order valence-corrected chi connectivity index (χ0v) is 17.3. The van der Waals surface area contributed by atoms with Crippen LogP contribution in [0.4, 0.5) is 0 Å². The van der Waals surface area contributed by atoms with Crippen molar-refractivity contribution in [2.75, 3.05) is 26.8 Å². The highest BCUT2D eigenvalue weighted by Gasteiger charge is 2.34. The topological polar surface area (TPSA) is 97.0 Å². The second-order valence-electron chi connectivity index (χ2n) is 5.61. The summed E-state index contributed by atoms with van der Waals surface area (Å²) in [5, 5.41) is 5.36. The Morgan fingerprint density at radius 3 is 2.85 bits per heavy atom. The van der Waals surface area contributed by atoms with Gasteiger partial charge >= 0.3 is 5.97 Å². The Hall–Kier alpha value is -2.20. The summed E-state index contributed by atoms with van der Waals surface area (Å²) in [5.74, 6) is -0.935. The van der Waals surface area contributed by atoms with Gasteiger partial charge in [-0.25, -0.2) is 0 Å². The average Bonchev–Trinajstić information content (AvgIpc) is 2.63. The summed E-state index contributed by atoms with van der Waals surface area (Å²) in [4.78, 5) is 38.1. The smallest absolute Gasteiger partial charge is 0.308 e. The Morgan fingerprint density at radius 2 is 2.19 bits per heavy atom. The minimum atomic E-state index is -0.838. The first-order chi connectivity index (χ1) is 12.9. The summed E-state index contributed by atoms with van der Waals surface area (Å²) >= 11 is 8.63. The molecule has 0 aliphatic carbocycles.